The second-order valence-electron chi connectivity index (χ2n) is 6.40. The van der Waals surface area contributed by atoms with E-state index >= 15 is 0 Å². The highest BCUT2D eigenvalue weighted by Crippen LogP contribution is 2.34. The van der Waals surface area contributed by atoms with Crippen LogP contribution in [0.5, 0.6) is 0 Å². The third-order valence-electron chi connectivity index (χ3n) is 4.60. The molecule has 1 atom stereocenters. The topological polar surface area (TPSA) is 75.4 Å². The molecule has 0 saturated carbocycles. The van der Waals surface area contributed by atoms with Crippen molar-refractivity contribution in [1.82, 2.24) is 15.4 Å². The summed E-state index contributed by atoms with van der Waals surface area (Å²) in [5, 5.41) is 8.68. The summed E-state index contributed by atoms with van der Waals surface area (Å²) in [4.78, 5) is 26.7. The van der Waals surface area contributed by atoms with Gasteiger partial charge in [-0.2, -0.15) is 0 Å². The van der Waals surface area contributed by atoms with E-state index in [4.69, 9.17) is 4.52 Å². The predicted octanol–water partition coefficient (Wildman–Crippen LogP) is 3.10. The molecule has 4 rings (SSSR count). The van der Waals surface area contributed by atoms with E-state index in [2.05, 4.69) is 10.5 Å². The number of nitrogens with zero attached hydrogens (tertiary/aromatic N) is 2. The summed E-state index contributed by atoms with van der Waals surface area (Å²) in [5.41, 5.74) is 0.211. The lowest BCUT2D eigenvalue weighted by atomic mass is 9.88. The minimum absolute atomic E-state index is 0.0857. The van der Waals surface area contributed by atoms with Gasteiger partial charge >= 0.3 is 6.03 Å². The Morgan fingerprint density at radius 3 is 2.68 bits per heavy atom. The normalized spacial score (nSPS) is 20.3. The van der Waals surface area contributed by atoms with Gasteiger partial charge in [-0.05, 0) is 30.2 Å². The number of imide groups is 1. The number of benzene rings is 2. The standard InChI is InChI=1S/C19H17N3O3/c1-12-10-14(21-25-12)11-22-17(23)19(2,20-18(22)24)16-9-5-7-13-6-3-4-8-15(13)16/h3-10H,11H2,1-2H3,(H,20,24). The zero-order valence-electron chi connectivity index (χ0n) is 13.9. The third-order valence-corrected chi connectivity index (χ3v) is 4.60. The van der Waals surface area contributed by atoms with Crippen molar-refractivity contribution >= 4 is 22.7 Å². The Morgan fingerprint density at radius 1 is 1.16 bits per heavy atom. The highest BCUT2D eigenvalue weighted by Gasteiger charge is 2.49. The average Bonchev–Trinajstić information content (AvgIpc) is 3.11. The fourth-order valence-corrected chi connectivity index (χ4v) is 3.34. The summed E-state index contributed by atoms with van der Waals surface area (Å²) >= 11 is 0. The van der Waals surface area contributed by atoms with Crippen molar-refractivity contribution in [2.75, 3.05) is 0 Å². The second-order valence-corrected chi connectivity index (χ2v) is 6.40. The first-order valence-electron chi connectivity index (χ1n) is 8.03. The molecule has 25 heavy (non-hydrogen) atoms. The average molecular weight is 335 g/mol. The van der Waals surface area contributed by atoms with Crippen LogP contribution in [0, 0.1) is 6.92 Å². The van der Waals surface area contributed by atoms with Crippen LogP contribution in [0.2, 0.25) is 0 Å². The van der Waals surface area contributed by atoms with E-state index in [0.29, 0.717) is 11.5 Å². The van der Waals surface area contributed by atoms with Crippen LogP contribution in [0.25, 0.3) is 10.8 Å². The number of aromatic nitrogens is 1. The van der Waals surface area contributed by atoms with E-state index in [9.17, 15) is 9.59 Å². The van der Waals surface area contributed by atoms with E-state index in [-0.39, 0.29) is 12.5 Å². The molecule has 0 radical (unpaired) electrons. The number of aryl methyl sites for hydroxylation is 1. The molecule has 1 aliphatic rings. The molecule has 1 unspecified atom stereocenters. The minimum Gasteiger partial charge on any atom is -0.361 e. The largest absolute Gasteiger partial charge is 0.361 e. The molecule has 0 bridgehead atoms. The van der Waals surface area contributed by atoms with Crippen LogP contribution in [0.15, 0.2) is 53.1 Å². The monoisotopic (exact) mass is 335 g/mol. The highest BCUT2D eigenvalue weighted by molar-refractivity contribution is 6.09. The first-order valence-corrected chi connectivity index (χ1v) is 8.03. The van der Waals surface area contributed by atoms with E-state index in [1.165, 1.54) is 4.90 Å². The molecule has 2 aromatic carbocycles. The lowest BCUT2D eigenvalue weighted by Crippen LogP contribution is -2.41. The highest BCUT2D eigenvalue weighted by atomic mass is 16.5. The van der Waals surface area contributed by atoms with Gasteiger partial charge in [-0.1, -0.05) is 47.6 Å². The van der Waals surface area contributed by atoms with E-state index in [1.54, 1.807) is 19.9 Å². The molecule has 0 aliphatic carbocycles. The van der Waals surface area contributed by atoms with Crippen molar-refractivity contribution in [2.24, 2.45) is 0 Å². The Kier molecular flexibility index (Phi) is 3.35. The first-order chi connectivity index (χ1) is 12.0. The van der Waals surface area contributed by atoms with Crippen molar-refractivity contribution in [3.8, 4) is 0 Å². The Hall–Kier alpha value is -3.15. The number of hydrogen-bond acceptors (Lipinski definition) is 4. The van der Waals surface area contributed by atoms with Gasteiger partial charge in [-0.3, -0.25) is 9.69 Å². The summed E-state index contributed by atoms with van der Waals surface area (Å²) in [7, 11) is 0. The van der Waals surface area contributed by atoms with Gasteiger partial charge in [0, 0.05) is 6.07 Å². The maximum Gasteiger partial charge on any atom is 0.325 e. The van der Waals surface area contributed by atoms with Crippen LogP contribution in [0.1, 0.15) is 23.9 Å². The smallest absolute Gasteiger partial charge is 0.325 e. The molecule has 2 heterocycles. The number of fused-ring (bicyclic) bond motifs is 1. The molecule has 6 heteroatoms. The zero-order chi connectivity index (χ0) is 17.6. The van der Waals surface area contributed by atoms with Crippen LogP contribution in [0.3, 0.4) is 0 Å². The third kappa shape index (κ3) is 2.38. The Labute approximate surface area is 144 Å². The number of urea groups is 1. The predicted molar refractivity (Wildman–Crippen MR) is 91.6 cm³/mol. The molecule has 1 aliphatic heterocycles. The summed E-state index contributed by atoms with van der Waals surface area (Å²) in [6.45, 7) is 3.59. The number of carbonyl (C=O) groups excluding carboxylic acids is 2. The van der Waals surface area contributed by atoms with Crippen LogP contribution in [0.4, 0.5) is 4.79 Å². The summed E-state index contributed by atoms with van der Waals surface area (Å²) in [5.74, 6) is 0.341. The zero-order valence-corrected chi connectivity index (χ0v) is 13.9. The summed E-state index contributed by atoms with van der Waals surface area (Å²) in [6.07, 6.45) is 0. The lowest BCUT2D eigenvalue weighted by Gasteiger charge is -2.23. The molecule has 126 valence electrons. The van der Waals surface area contributed by atoms with Gasteiger partial charge in [0.25, 0.3) is 5.91 Å². The fraction of sp³-hybridized carbons (Fsp3) is 0.211. The van der Waals surface area contributed by atoms with Crippen molar-refractivity contribution in [3.05, 3.63) is 65.5 Å². The maximum atomic E-state index is 13.1. The minimum atomic E-state index is -1.11. The first kappa shape index (κ1) is 15.4. The van der Waals surface area contributed by atoms with Crippen LogP contribution in [-0.2, 0) is 16.9 Å². The van der Waals surface area contributed by atoms with Gasteiger partial charge in [-0.15, -0.1) is 0 Å². The number of hydrogen-bond donors (Lipinski definition) is 1. The maximum absolute atomic E-state index is 13.1. The second kappa shape index (κ2) is 5.44. The molecular formula is C19H17N3O3. The Balaban J connectivity index is 1.74. The molecule has 3 amide bonds. The van der Waals surface area contributed by atoms with Gasteiger partial charge in [0.1, 0.15) is 17.0 Å². The summed E-state index contributed by atoms with van der Waals surface area (Å²) < 4.78 is 5.02. The number of rotatable bonds is 3. The van der Waals surface area contributed by atoms with Crippen molar-refractivity contribution < 1.29 is 14.1 Å². The Morgan fingerprint density at radius 2 is 1.92 bits per heavy atom. The molecule has 1 N–H and O–H groups in total. The van der Waals surface area contributed by atoms with Crippen LogP contribution < -0.4 is 5.32 Å². The van der Waals surface area contributed by atoms with E-state index in [1.807, 2.05) is 42.5 Å². The SMILES string of the molecule is Cc1cc(CN2C(=O)NC(C)(c3cccc4ccccc34)C2=O)no1. The molecule has 3 aromatic rings. The molecule has 0 spiro atoms. The lowest BCUT2D eigenvalue weighted by molar-refractivity contribution is -0.131. The van der Waals surface area contributed by atoms with E-state index in [0.717, 1.165) is 16.3 Å². The molecule has 6 nitrogen and oxygen atoms in total. The van der Waals surface area contributed by atoms with Gasteiger partial charge in [0.2, 0.25) is 0 Å². The molecule has 1 saturated heterocycles. The van der Waals surface area contributed by atoms with Crippen molar-refractivity contribution in [3.63, 3.8) is 0 Å². The summed E-state index contributed by atoms with van der Waals surface area (Å²) in [6, 6.07) is 14.9. The van der Waals surface area contributed by atoms with Gasteiger partial charge in [0.15, 0.2) is 0 Å². The fourth-order valence-electron chi connectivity index (χ4n) is 3.34. The number of carbonyl (C=O) groups is 2. The molecular weight excluding hydrogens is 318 g/mol. The van der Waals surface area contributed by atoms with Gasteiger partial charge < -0.3 is 9.84 Å². The van der Waals surface area contributed by atoms with E-state index < -0.39 is 11.6 Å². The van der Waals surface area contributed by atoms with Crippen LogP contribution in [-0.4, -0.2) is 22.0 Å². The van der Waals surface area contributed by atoms with Crippen molar-refractivity contribution in [2.45, 2.75) is 25.9 Å². The number of nitrogens with one attached hydrogen (secondary N) is 1. The Bertz CT molecular complexity index is 989. The number of amides is 3. The van der Waals surface area contributed by atoms with Crippen LogP contribution >= 0.6 is 0 Å². The molecule has 1 fully saturated rings. The molecule has 1 aromatic heterocycles. The van der Waals surface area contributed by atoms with Gasteiger partial charge in [0.05, 0.1) is 6.54 Å². The quantitative estimate of drug-likeness (QED) is 0.746. The van der Waals surface area contributed by atoms with Gasteiger partial charge in [-0.25, -0.2) is 4.79 Å². The van der Waals surface area contributed by atoms with Crippen molar-refractivity contribution in [1.29, 1.82) is 0 Å².